The van der Waals surface area contributed by atoms with Gasteiger partial charge >= 0.3 is 0 Å². The summed E-state index contributed by atoms with van der Waals surface area (Å²) in [5.74, 6) is 0. The number of nitrogens with one attached hydrogen (secondary N) is 1. The van der Waals surface area contributed by atoms with Crippen molar-refractivity contribution in [2.45, 2.75) is 6.29 Å². The van der Waals surface area contributed by atoms with Crippen LogP contribution in [0.25, 0.3) is 0 Å². The Hall–Kier alpha value is 0.310. The van der Waals surface area contributed by atoms with Gasteiger partial charge in [-0.25, -0.2) is 0 Å². The van der Waals surface area contributed by atoms with Gasteiger partial charge in [-0.15, -0.1) is 0 Å². The summed E-state index contributed by atoms with van der Waals surface area (Å²) in [6.45, 7) is 4.53. The normalized spacial score (nSPS) is 25.5. The molecule has 1 aliphatic rings. The first-order valence-corrected chi connectivity index (χ1v) is 5.08. The molecule has 1 N–H and O–H groups in total. The highest BCUT2D eigenvalue weighted by molar-refractivity contribution is 7.34. The molecule has 3 nitrogen and oxygen atoms in total. The summed E-state index contributed by atoms with van der Waals surface area (Å²) in [5.41, 5.74) is 0. The van der Waals surface area contributed by atoms with Crippen LogP contribution in [0.3, 0.4) is 0 Å². The van der Waals surface area contributed by atoms with Crippen LogP contribution in [-0.2, 0) is 0 Å². The predicted octanol–water partition coefficient (Wildman–Crippen LogP) is -0.0399. The van der Waals surface area contributed by atoms with Crippen LogP contribution in [0.15, 0.2) is 0 Å². The van der Waals surface area contributed by atoms with E-state index in [9.17, 15) is 0 Å². The van der Waals surface area contributed by atoms with E-state index < -0.39 is 0 Å². The van der Waals surface area contributed by atoms with Crippen molar-refractivity contribution < 1.29 is 0 Å². The van der Waals surface area contributed by atoms with Crippen LogP contribution in [-0.4, -0.2) is 49.9 Å². The van der Waals surface area contributed by atoms with Crippen LogP contribution in [0.2, 0.25) is 0 Å². The lowest BCUT2D eigenvalue weighted by molar-refractivity contribution is 0.178. The fourth-order valence-electron chi connectivity index (χ4n) is 1.25. The molecular formula is C6H16N3P. The van der Waals surface area contributed by atoms with Gasteiger partial charge in [0.05, 0.1) is 0 Å². The molecule has 1 fully saturated rings. The van der Waals surface area contributed by atoms with Gasteiger partial charge in [-0.1, -0.05) is 8.73 Å². The third kappa shape index (κ3) is 1.67. The van der Waals surface area contributed by atoms with Gasteiger partial charge in [0.25, 0.3) is 0 Å². The number of rotatable bonds is 2. The molecule has 0 spiro atoms. The standard InChI is InChI=1S/C6H16N3P/c1-8-4-5-9(2)6(8)7-10-3/h6-7,10H,4-5H2,1-3H3. The van der Waals surface area contributed by atoms with Crippen LogP contribution in [0.4, 0.5) is 0 Å². The Kier molecular flexibility index (Phi) is 3.05. The van der Waals surface area contributed by atoms with E-state index in [1.54, 1.807) is 0 Å². The van der Waals surface area contributed by atoms with E-state index >= 15 is 0 Å². The molecule has 0 aromatic rings. The quantitative estimate of drug-likeness (QED) is 0.573. The number of likely N-dealkylation sites (N-methyl/N-ethyl adjacent to an activating group) is 2. The topological polar surface area (TPSA) is 18.5 Å². The van der Waals surface area contributed by atoms with Gasteiger partial charge in [0, 0.05) is 13.1 Å². The van der Waals surface area contributed by atoms with E-state index in [0.29, 0.717) is 6.29 Å². The van der Waals surface area contributed by atoms with Crippen molar-refractivity contribution in [3.63, 3.8) is 0 Å². The predicted molar refractivity (Wildman–Crippen MR) is 46.4 cm³/mol. The first-order chi connectivity index (χ1) is 4.75. The Morgan fingerprint density at radius 1 is 1.30 bits per heavy atom. The van der Waals surface area contributed by atoms with E-state index in [-0.39, 0.29) is 0 Å². The van der Waals surface area contributed by atoms with E-state index in [0.717, 1.165) is 8.73 Å². The third-order valence-corrected chi connectivity index (χ3v) is 2.46. The van der Waals surface area contributed by atoms with E-state index in [1.807, 2.05) is 0 Å². The van der Waals surface area contributed by atoms with Gasteiger partial charge in [0.1, 0.15) is 6.29 Å². The van der Waals surface area contributed by atoms with Crippen molar-refractivity contribution in [3.8, 4) is 0 Å². The molecule has 0 saturated carbocycles. The highest BCUT2D eigenvalue weighted by Crippen LogP contribution is 2.10. The number of hydrogen-bond acceptors (Lipinski definition) is 3. The summed E-state index contributed by atoms with van der Waals surface area (Å²) in [6.07, 6.45) is 0.475. The minimum atomic E-state index is 0.475. The van der Waals surface area contributed by atoms with Crippen LogP contribution >= 0.6 is 8.73 Å². The summed E-state index contributed by atoms with van der Waals surface area (Å²) in [7, 11) is 5.14. The summed E-state index contributed by atoms with van der Waals surface area (Å²) in [4.78, 5) is 4.66. The summed E-state index contributed by atoms with van der Waals surface area (Å²) in [5, 5.41) is 3.42. The van der Waals surface area contributed by atoms with Gasteiger partial charge in [-0.05, 0) is 20.8 Å². The Morgan fingerprint density at radius 3 is 2.20 bits per heavy atom. The molecular weight excluding hydrogens is 145 g/mol. The minimum absolute atomic E-state index is 0.475. The zero-order chi connectivity index (χ0) is 7.56. The second kappa shape index (κ2) is 3.63. The smallest absolute Gasteiger partial charge is 0.119 e. The van der Waals surface area contributed by atoms with Crippen LogP contribution in [0, 0.1) is 0 Å². The fraction of sp³-hybridized carbons (Fsp3) is 1.00. The zero-order valence-electron chi connectivity index (χ0n) is 6.89. The van der Waals surface area contributed by atoms with Crippen LogP contribution in [0.1, 0.15) is 0 Å². The second-order valence-electron chi connectivity index (χ2n) is 2.73. The maximum Gasteiger partial charge on any atom is 0.119 e. The minimum Gasteiger partial charge on any atom is -0.277 e. The average molecular weight is 161 g/mol. The number of hydrogen-bond donors (Lipinski definition) is 1. The summed E-state index contributed by atoms with van der Waals surface area (Å²) < 4.78 is 0. The molecule has 1 rings (SSSR count). The lowest BCUT2D eigenvalue weighted by atomic mass is 10.6. The molecule has 10 heavy (non-hydrogen) atoms. The average Bonchev–Trinajstić information content (AvgIpc) is 2.20. The van der Waals surface area contributed by atoms with Crippen molar-refractivity contribution >= 4 is 8.73 Å². The molecule has 0 bridgehead atoms. The van der Waals surface area contributed by atoms with Crippen LogP contribution in [0.5, 0.6) is 0 Å². The lowest BCUT2D eigenvalue weighted by Gasteiger charge is -2.24. The Labute approximate surface area is 64.6 Å². The largest absolute Gasteiger partial charge is 0.277 e. The Balaban J connectivity index is 2.38. The molecule has 0 amide bonds. The van der Waals surface area contributed by atoms with Gasteiger partial charge in [0.15, 0.2) is 0 Å². The molecule has 0 radical (unpaired) electrons. The summed E-state index contributed by atoms with van der Waals surface area (Å²) in [6, 6.07) is 0. The molecule has 0 aliphatic carbocycles. The molecule has 1 unspecified atom stereocenters. The zero-order valence-corrected chi connectivity index (χ0v) is 7.89. The molecule has 1 atom stereocenters. The molecule has 0 aromatic carbocycles. The molecule has 1 aliphatic heterocycles. The highest BCUT2D eigenvalue weighted by Gasteiger charge is 2.24. The molecule has 4 heteroatoms. The van der Waals surface area contributed by atoms with Crippen molar-refractivity contribution in [1.82, 2.24) is 14.9 Å². The summed E-state index contributed by atoms with van der Waals surface area (Å²) >= 11 is 0. The molecule has 60 valence electrons. The van der Waals surface area contributed by atoms with Crippen LogP contribution < -0.4 is 5.09 Å². The molecule has 0 aromatic heterocycles. The van der Waals surface area contributed by atoms with E-state index in [1.165, 1.54) is 13.1 Å². The fourth-order valence-corrected chi connectivity index (χ4v) is 1.95. The van der Waals surface area contributed by atoms with Crippen molar-refractivity contribution in [3.05, 3.63) is 0 Å². The first kappa shape index (κ1) is 8.41. The van der Waals surface area contributed by atoms with Gasteiger partial charge in [-0.3, -0.25) is 14.9 Å². The Bertz CT molecular complexity index is 99.2. The third-order valence-electron chi connectivity index (χ3n) is 1.91. The maximum atomic E-state index is 3.42. The SMILES string of the molecule is CPNC1N(C)CCN1C. The monoisotopic (exact) mass is 161 g/mol. The van der Waals surface area contributed by atoms with Gasteiger partial charge < -0.3 is 0 Å². The molecule has 1 saturated heterocycles. The van der Waals surface area contributed by atoms with Gasteiger partial charge in [0.2, 0.25) is 0 Å². The maximum absolute atomic E-state index is 3.42. The van der Waals surface area contributed by atoms with E-state index in [4.69, 9.17) is 0 Å². The second-order valence-corrected chi connectivity index (χ2v) is 3.52. The van der Waals surface area contributed by atoms with Gasteiger partial charge in [-0.2, -0.15) is 0 Å². The van der Waals surface area contributed by atoms with Crippen molar-refractivity contribution in [2.75, 3.05) is 33.8 Å². The lowest BCUT2D eigenvalue weighted by Crippen LogP contribution is -2.42. The van der Waals surface area contributed by atoms with Crippen molar-refractivity contribution in [1.29, 1.82) is 0 Å². The van der Waals surface area contributed by atoms with E-state index in [2.05, 4.69) is 35.6 Å². The Morgan fingerprint density at radius 2 is 1.80 bits per heavy atom. The first-order valence-electron chi connectivity index (χ1n) is 3.58. The van der Waals surface area contributed by atoms with Crippen molar-refractivity contribution in [2.24, 2.45) is 0 Å². The number of nitrogens with zero attached hydrogens (tertiary/aromatic N) is 2. The highest BCUT2D eigenvalue weighted by atomic mass is 31.1. The molecule has 1 heterocycles.